The molecule has 140 valence electrons. The predicted molar refractivity (Wildman–Crippen MR) is 104 cm³/mol. The van der Waals surface area contributed by atoms with Gasteiger partial charge < -0.3 is 4.74 Å². The molecule has 0 spiro atoms. The summed E-state index contributed by atoms with van der Waals surface area (Å²) in [6.45, 7) is 3.21. The molecule has 0 aliphatic carbocycles. The number of methoxy groups -OCH3 is 1. The lowest BCUT2D eigenvalue weighted by Gasteiger charge is -2.16. The number of esters is 1. The van der Waals surface area contributed by atoms with Gasteiger partial charge >= 0.3 is 5.97 Å². The second kappa shape index (κ2) is 8.24. The van der Waals surface area contributed by atoms with Crippen LogP contribution in [0.25, 0.3) is 5.69 Å². The fourth-order valence-electron chi connectivity index (χ4n) is 2.74. The first-order valence-corrected chi connectivity index (χ1v) is 8.84. The van der Waals surface area contributed by atoms with E-state index in [4.69, 9.17) is 17.0 Å². The van der Waals surface area contributed by atoms with Crippen molar-refractivity contribution in [1.82, 2.24) is 24.7 Å². The molecule has 8 heteroatoms. The minimum absolute atomic E-state index is 0.339. The van der Waals surface area contributed by atoms with E-state index in [1.807, 2.05) is 50.4 Å². The van der Waals surface area contributed by atoms with Crippen molar-refractivity contribution in [2.45, 2.75) is 20.1 Å². The molecule has 0 aliphatic heterocycles. The molecule has 0 aliphatic rings. The van der Waals surface area contributed by atoms with Crippen LogP contribution >= 0.6 is 12.2 Å². The van der Waals surface area contributed by atoms with Crippen molar-refractivity contribution in [3.63, 3.8) is 0 Å². The molecular formula is C19H21N5O2S. The fraction of sp³-hybridized carbons (Fsp3) is 0.263. The van der Waals surface area contributed by atoms with E-state index in [1.165, 1.54) is 7.11 Å². The summed E-state index contributed by atoms with van der Waals surface area (Å²) in [5.41, 5.74) is 3.64. The highest BCUT2D eigenvalue weighted by molar-refractivity contribution is 7.71. The summed E-state index contributed by atoms with van der Waals surface area (Å²) >= 11 is 5.52. The zero-order valence-electron chi connectivity index (χ0n) is 15.5. The molecule has 0 unspecified atom stereocenters. The van der Waals surface area contributed by atoms with Crippen molar-refractivity contribution in [2.24, 2.45) is 0 Å². The molecule has 7 nitrogen and oxygen atoms in total. The summed E-state index contributed by atoms with van der Waals surface area (Å²) in [6, 6.07) is 15.3. The third-order valence-corrected chi connectivity index (χ3v) is 4.47. The summed E-state index contributed by atoms with van der Waals surface area (Å²) in [5, 5.41) is 8.35. The molecular weight excluding hydrogens is 362 g/mol. The molecule has 27 heavy (non-hydrogen) atoms. The third-order valence-electron chi connectivity index (χ3n) is 4.09. The van der Waals surface area contributed by atoms with Crippen molar-refractivity contribution >= 4 is 18.2 Å². The molecule has 0 fully saturated rings. The number of carbonyl (C=O) groups excluding carboxylic acids is 1. The van der Waals surface area contributed by atoms with E-state index in [2.05, 4.69) is 15.3 Å². The molecule has 0 N–H and O–H groups in total. The van der Waals surface area contributed by atoms with Gasteiger partial charge in [-0.25, -0.2) is 9.48 Å². The van der Waals surface area contributed by atoms with Crippen LogP contribution in [-0.2, 0) is 18.0 Å². The molecule has 3 aromatic rings. The van der Waals surface area contributed by atoms with Crippen LogP contribution in [0.1, 0.15) is 21.5 Å². The van der Waals surface area contributed by atoms with E-state index in [-0.39, 0.29) is 5.97 Å². The van der Waals surface area contributed by atoms with E-state index in [1.54, 1.807) is 21.5 Å². The molecule has 0 saturated carbocycles. The maximum absolute atomic E-state index is 11.5. The van der Waals surface area contributed by atoms with Crippen LogP contribution < -0.4 is 0 Å². The first-order valence-electron chi connectivity index (χ1n) is 8.43. The van der Waals surface area contributed by atoms with E-state index < -0.39 is 0 Å². The lowest BCUT2D eigenvalue weighted by Crippen LogP contribution is -2.22. The molecule has 2 aromatic carbocycles. The number of hydrogen-bond acceptors (Lipinski definition) is 6. The summed E-state index contributed by atoms with van der Waals surface area (Å²) in [7, 11) is 3.35. The summed E-state index contributed by atoms with van der Waals surface area (Å²) in [6.07, 6.45) is 0. The Bertz CT molecular complexity index is 994. The molecule has 0 radical (unpaired) electrons. The van der Waals surface area contributed by atoms with E-state index in [0.29, 0.717) is 23.5 Å². The van der Waals surface area contributed by atoms with E-state index >= 15 is 0 Å². The Morgan fingerprint density at radius 3 is 2.59 bits per heavy atom. The van der Waals surface area contributed by atoms with E-state index in [9.17, 15) is 4.79 Å². The number of tetrazole rings is 1. The average Bonchev–Trinajstić information content (AvgIpc) is 3.02. The number of ether oxygens (including phenoxy) is 1. The number of aromatic nitrogens is 4. The van der Waals surface area contributed by atoms with Crippen molar-refractivity contribution in [1.29, 1.82) is 0 Å². The highest BCUT2D eigenvalue weighted by Gasteiger charge is 2.10. The Labute approximate surface area is 162 Å². The van der Waals surface area contributed by atoms with Crippen molar-refractivity contribution in [3.8, 4) is 5.69 Å². The zero-order chi connectivity index (χ0) is 19.4. The fourth-order valence-corrected chi connectivity index (χ4v) is 2.98. The monoisotopic (exact) mass is 383 g/mol. The average molecular weight is 383 g/mol. The standard InChI is InChI=1S/C19H21N5O2S/c1-14-5-4-6-17(11-14)24-19(27)23(20-21-24)13-22(2)12-15-7-9-16(10-8-15)18(25)26-3/h4-11H,12-13H2,1-3H3. The SMILES string of the molecule is COC(=O)c1ccc(CN(C)Cn2nnn(-c3cccc(C)c3)c2=S)cc1. The van der Waals surface area contributed by atoms with Gasteiger partial charge in [0.1, 0.15) is 0 Å². The predicted octanol–water partition coefficient (Wildman–Crippen LogP) is 2.98. The van der Waals surface area contributed by atoms with Crippen LogP contribution in [0.5, 0.6) is 0 Å². The summed E-state index contributed by atoms with van der Waals surface area (Å²) < 4.78 is 8.58. The quantitative estimate of drug-likeness (QED) is 0.482. The normalized spacial score (nSPS) is 11.0. The minimum Gasteiger partial charge on any atom is -0.465 e. The second-order valence-electron chi connectivity index (χ2n) is 6.36. The number of nitrogens with zero attached hydrogens (tertiary/aromatic N) is 5. The van der Waals surface area contributed by atoms with Gasteiger partial charge in [-0.2, -0.15) is 4.68 Å². The van der Waals surface area contributed by atoms with Crippen LogP contribution in [0.4, 0.5) is 0 Å². The molecule has 1 heterocycles. The minimum atomic E-state index is -0.339. The zero-order valence-corrected chi connectivity index (χ0v) is 16.3. The van der Waals surface area contributed by atoms with Crippen LogP contribution in [0.3, 0.4) is 0 Å². The van der Waals surface area contributed by atoms with Gasteiger partial charge in [0.05, 0.1) is 25.0 Å². The smallest absolute Gasteiger partial charge is 0.337 e. The maximum Gasteiger partial charge on any atom is 0.337 e. The second-order valence-corrected chi connectivity index (χ2v) is 6.72. The Morgan fingerprint density at radius 2 is 1.93 bits per heavy atom. The number of carbonyl (C=O) groups is 1. The lowest BCUT2D eigenvalue weighted by atomic mass is 10.1. The summed E-state index contributed by atoms with van der Waals surface area (Å²) in [5.74, 6) is -0.339. The first kappa shape index (κ1) is 18.9. The van der Waals surface area contributed by atoms with Crippen LogP contribution in [0.2, 0.25) is 0 Å². The van der Waals surface area contributed by atoms with Crippen LogP contribution in [-0.4, -0.2) is 44.8 Å². The number of aryl methyl sites for hydroxylation is 1. The van der Waals surface area contributed by atoms with Crippen LogP contribution in [0.15, 0.2) is 48.5 Å². The van der Waals surface area contributed by atoms with Gasteiger partial charge in [-0.15, -0.1) is 0 Å². The van der Waals surface area contributed by atoms with Gasteiger partial charge in [0.15, 0.2) is 0 Å². The lowest BCUT2D eigenvalue weighted by molar-refractivity contribution is 0.0600. The molecule has 3 rings (SSSR count). The molecule has 0 bridgehead atoms. The highest BCUT2D eigenvalue weighted by atomic mass is 32.1. The largest absolute Gasteiger partial charge is 0.465 e. The van der Waals surface area contributed by atoms with Gasteiger partial charge in [-0.3, -0.25) is 4.90 Å². The Morgan fingerprint density at radius 1 is 1.19 bits per heavy atom. The van der Waals surface area contributed by atoms with Gasteiger partial charge in [0.25, 0.3) is 0 Å². The van der Waals surface area contributed by atoms with Gasteiger partial charge in [0.2, 0.25) is 4.77 Å². The number of hydrogen-bond donors (Lipinski definition) is 0. The Kier molecular flexibility index (Phi) is 5.78. The van der Waals surface area contributed by atoms with E-state index in [0.717, 1.165) is 16.8 Å². The summed E-state index contributed by atoms with van der Waals surface area (Å²) in [4.78, 5) is 13.6. The van der Waals surface area contributed by atoms with Crippen molar-refractivity contribution < 1.29 is 9.53 Å². The van der Waals surface area contributed by atoms with Crippen molar-refractivity contribution in [2.75, 3.05) is 14.2 Å². The number of rotatable bonds is 6. The third kappa shape index (κ3) is 4.47. The van der Waals surface area contributed by atoms with Crippen LogP contribution in [0, 0.1) is 11.7 Å². The topological polar surface area (TPSA) is 65.2 Å². The number of benzene rings is 2. The molecule has 1 aromatic heterocycles. The molecule has 0 saturated heterocycles. The maximum atomic E-state index is 11.5. The van der Waals surface area contributed by atoms with Gasteiger partial charge in [0, 0.05) is 6.54 Å². The van der Waals surface area contributed by atoms with Gasteiger partial charge in [-0.05, 0) is 72.0 Å². The molecule has 0 amide bonds. The van der Waals surface area contributed by atoms with Gasteiger partial charge in [-0.1, -0.05) is 24.3 Å². The Hall–Kier alpha value is -2.84. The van der Waals surface area contributed by atoms with Crippen molar-refractivity contribution in [3.05, 3.63) is 70.0 Å². The first-order chi connectivity index (χ1) is 13.0. The molecule has 0 atom stereocenters. The Balaban J connectivity index is 1.69. The highest BCUT2D eigenvalue weighted by Crippen LogP contribution is 2.11.